The van der Waals surface area contributed by atoms with Gasteiger partial charge in [-0.2, -0.15) is 0 Å². The van der Waals surface area contributed by atoms with Gasteiger partial charge in [0, 0.05) is 37.6 Å². The zero-order valence-electron chi connectivity index (χ0n) is 12.6. The molecule has 1 aromatic rings. The lowest BCUT2D eigenvalue weighted by molar-refractivity contribution is 0.148. The lowest BCUT2D eigenvalue weighted by Crippen LogP contribution is -2.31. The number of nitrogens with zero attached hydrogens (tertiary/aromatic N) is 2. The second-order valence-electron chi connectivity index (χ2n) is 5.02. The van der Waals surface area contributed by atoms with Crippen molar-refractivity contribution in [3.8, 4) is 0 Å². The van der Waals surface area contributed by atoms with Gasteiger partial charge in [-0.25, -0.2) is 0 Å². The smallest absolute Gasteiger partial charge is 0.0838 e. The molecule has 0 saturated heterocycles. The molecule has 1 rings (SSSR count). The molecule has 0 bridgehead atoms. The van der Waals surface area contributed by atoms with Crippen LogP contribution in [0.2, 0.25) is 0 Å². The third-order valence-corrected chi connectivity index (χ3v) is 3.11. The Balaban J connectivity index is 2.48. The topological polar surface area (TPSA) is 38.7 Å². The van der Waals surface area contributed by atoms with Crippen molar-refractivity contribution in [1.82, 2.24) is 4.90 Å². The van der Waals surface area contributed by atoms with Crippen LogP contribution in [-0.4, -0.2) is 56.4 Å². The highest BCUT2D eigenvalue weighted by Gasteiger charge is 2.05. The number of rotatable bonds is 8. The highest BCUT2D eigenvalue weighted by atomic mass is 16.3. The Morgan fingerprint density at radius 3 is 2.16 bits per heavy atom. The number of nitrogens with one attached hydrogen (secondary N) is 1. The SMILES string of the molecule is CCN(CC)c1ccc(NCC(O)CN(C)C)cc1. The summed E-state index contributed by atoms with van der Waals surface area (Å²) >= 11 is 0. The fourth-order valence-corrected chi connectivity index (χ4v) is 2.10. The maximum Gasteiger partial charge on any atom is 0.0838 e. The van der Waals surface area contributed by atoms with E-state index in [1.165, 1.54) is 5.69 Å². The third kappa shape index (κ3) is 5.49. The highest BCUT2D eigenvalue weighted by Crippen LogP contribution is 2.17. The van der Waals surface area contributed by atoms with E-state index in [2.05, 4.69) is 48.3 Å². The zero-order chi connectivity index (χ0) is 14.3. The van der Waals surface area contributed by atoms with E-state index < -0.39 is 0 Å². The first kappa shape index (κ1) is 15.8. The van der Waals surface area contributed by atoms with Gasteiger partial charge in [-0.3, -0.25) is 0 Å². The average molecular weight is 265 g/mol. The summed E-state index contributed by atoms with van der Waals surface area (Å²) in [7, 11) is 3.92. The molecule has 2 N–H and O–H groups in total. The van der Waals surface area contributed by atoms with Gasteiger partial charge in [0.05, 0.1) is 6.10 Å². The predicted octanol–water partition coefficient (Wildman–Crippen LogP) is 1.87. The Hall–Kier alpha value is -1.26. The van der Waals surface area contributed by atoms with Gasteiger partial charge >= 0.3 is 0 Å². The minimum atomic E-state index is -0.350. The fraction of sp³-hybridized carbons (Fsp3) is 0.600. The van der Waals surface area contributed by atoms with Crippen molar-refractivity contribution >= 4 is 11.4 Å². The van der Waals surface area contributed by atoms with E-state index in [0.29, 0.717) is 13.1 Å². The van der Waals surface area contributed by atoms with Gasteiger partial charge in [0.1, 0.15) is 0 Å². The number of hydrogen-bond donors (Lipinski definition) is 2. The van der Waals surface area contributed by atoms with Crippen molar-refractivity contribution in [3.63, 3.8) is 0 Å². The number of likely N-dealkylation sites (N-methyl/N-ethyl adjacent to an activating group) is 1. The van der Waals surface area contributed by atoms with E-state index in [1.54, 1.807) is 0 Å². The van der Waals surface area contributed by atoms with Crippen molar-refractivity contribution in [2.75, 3.05) is 50.5 Å². The quantitative estimate of drug-likeness (QED) is 0.752. The normalized spacial score (nSPS) is 12.5. The maximum absolute atomic E-state index is 9.79. The van der Waals surface area contributed by atoms with Crippen LogP contribution in [-0.2, 0) is 0 Å². The molecule has 19 heavy (non-hydrogen) atoms. The molecule has 0 spiro atoms. The summed E-state index contributed by atoms with van der Waals surface area (Å²) in [4.78, 5) is 4.29. The summed E-state index contributed by atoms with van der Waals surface area (Å²) in [5.41, 5.74) is 2.29. The fourth-order valence-electron chi connectivity index (χ4n) is 2.10. The molecule has 0 saturated carbocycles. The van der Waals surface area contributed by atoms with Gasteiger partial charge in [-0.1, -0.05) is 0 Å². The lowest BCUT2D eigenvalue weighted by atomic mass is 10.2. The van der Waals surface area contributed by atoms with E-state index in [4.69, 9.17) is 0 Å². The summed E-state index contributed by atoms with van der Waals surface area (Å²) < 4.78 is 0. The van der Waals surface area contributed by atoms with Gasteiger partial charge in [-0.15, -0.1) is 0 Å². The predicted molar refractivity (Wildman–Crippen MR) is 83.1 cm³/mol. The lowest BCUT2D eigenvalue weighted by Gasteiger charge is -2.21. The summed E-state index contributed by atoms with van der Waals surface area (Å²) in [6.45, 7) is 7.60. The molecule has 0 fully saturated rings. The molecule has 1 atom stereocenters. The molecule has 0 aliphatic heterocycles. The van der Waals surface area contributed by atoms with E-state index in [1.807, 2.05) is 19.0 Å². The molecule has 0 radical (unpaired) electrons. The van der Waals surface area contributed by atoms with Crippen LogP contribution in [0.25, 0.3) is 0 Å². The summed E-state index contributed by atoms with van der Waals surface area (Å²) in [6.07, 6.45) is -0.350. The number of aliphatic hydroxyl groups excluding tert-OH is 1. The van der Waals surface area contributed by atoms with Crippen LogP contribution in [0, 0.1) is 0 Å². The van der Waals surface area contributed by atoms with Crippen molar-refractivity contribution in [2.24, 2.45) is 0 Å². The van der Waals surface area contributed by atoms with Crippen molar-refractivity contribution in [1.29, 1.82) is 0 Å². The number of anilines is 2. The van der Waals surface area contributed by atoms with E-state index in [9.17, 15) is 5.11 Å². The van der Waals surface area contributed by atoms with Crippen molar-refractivity contribution in [3.05, 3.63) is 24.3 Å². The Morgan fingerprint density at radius 1 is 1.11 bits per heavy atom. The first-order valence-electron chi connectivity index (χ1n) is 6.98. The summed E-state index contributed by atoms with van der Waals surface area (Å²) in [6, 6.07) is 8.37. The minimum Gasteiger partial charge on any atom is -0.390 e. The van der Waals surface area contributed by atoms with Crippen LogP contribution in [0.5, 0.6) is 0 Å². The van der Waals surface area contributed by atoms with E-state index in [0.717, 1.165) is 18.8 Å². The summed E-state index contributed by atoms with van der Waals surface area (Å²) in [5, 5.41) is 13.0. The molecule has 4 heteroatoms. The summed E-state index contributed by atoms with van der Waals surface area (Å²) in [5.74, 6) is 0. The van der Waals surface area contributed by atoms with Crippen LogP contribution in [0.1, 0.15) is 13.8 Å². The van der Waals surface area contributed by atoms with Gasteiger partial charge in [0.15, 0.2) is 0 Å². The highest BCUT2D eigenvalue weighted by molar-refractivity contribution is 5.55. The Morgan fingerprint density at radius 2 is 1.68 bits per heavy atom. The van der Waals surface area contributed by atoms with Crippen LogP contribution in [0.15, 0.2) is 24.3 Å². The first-order chi connectivity index (χ1) is 9.06. The Bertz CT molecular complexity index is 347. The van der Waals surface area contributed by atoms with E-state index >= 15 is 0 Å². The van der Waals surface area contributed by atoms with Crippen LogP contribution < -0.4 is 10.2 Å². The van der Waals surface area contributed by atoms with Gasteiger partial charge < -0.3 is 20.2 Å². The molecule has 108 valence electrons. The van der Waals surface area contributed by atoms with Gasteiger partial charge in [0.2, 0.25) is 0 Å². The largest absolute Gasteiger partial charge is 0.390 e. The standard InChI is InChI=1S/C15H27N3O/c1-5-18(6-2)14-9-7-13(8-10-14)16-11-15(19)12-17(3)4/h7-10,15-16,19H,5-6,11-12H2,1-4H3. The van der Waals surface area contributed by atoms with Gasteiger partial charge in [0.25, 0.3) is 0 Å². The van der Waals surface area contributed by atoms with Crippen LogP contribution in [0.3, 0.4) is 0 Å². The third-order valence-electron chi connectivity index (χ3n) is 3.11. The molecule has 1 unspecified atom stereocenters. The molecule has 0 aromatic heterocycles. The second kappa shape index (κ2) is 8.02. The Labute approximate surface area is 117 Å². The number of benzene rings is 1. The molecule has 0 aliphatic carbocycles. The average Bonchev–Trinajstić information content (AvgIpc) is 2.38. The second-order valence-corrected chi connectivity index (χ2v) is 5.02. The van der Waals surface area contributed by atoms with Crippen molar-refractivity contribution < 1.29 is 5.11 Å². The number of hydrogen-bond acceptors (Lipinski definition) is 4. The van der Waals surface area contributed by atoms with Crippen molar-refractivity contribution in [2.45, 2.75) is 20.0 Å². The minimum absolute atomic E-state index is 0.350. The maximum atomic E-state index is 9.79. The molecule has 0 aliphatic rings. The molecule has 4 nitrogen and oxygen atoms in total. The zero-order valence-corrected chi connectivity index (χ0v) is 12.6. The Kier molecular flexibility index (Phi) is 6.67. The molecular weight excluding hydrogens is 238 g/mol. The monoisotopic (exact) mass is 265 g/mol. The molecular formula is C15H27N3O. The molecule has 0 heterocycles. The number of aliphatic hydroxyl groups is 1. The van der Waals surface area contributed by atoms with Crippen LogP contribution >= 0.6 is 0 Å². The molecule has 0 amide bonds. The van der Waals surface area contributed by atoms with E-state index in [-0.39, 0.29) is 6.10 Å². The van der Waals surface area contributed by atoms with Crippen LogP contribution in [0.4, 0.5) is 11.4 Å². The van der Waals surface area contributed by atoms with Gasteiger partial charge in [-0.05, 0) is 52.2 Å². The molecule has 1 aromatic carbocycles. The first-order valence-corrected chi connectivity index (χ1v) is 6.98.